The van der Waals surface area contributed by atoms with Gasteiger partial charge >= 0.3 is 10.3 Å². The summed E-state index contributed by atoms with van der Waals surface area (Å²) in [6.45, 7) is 13.6. The maximum absolute atomic E-state index is 11.7. The number of hydrogen-bond acceptors (Lipinski definition) is 3. The van der Waals surface area contributed by atoms with Crippen LogP contribution in [-0.2, 0) is 14.5 Å². The van der Waals surface area contributed by atoms with Crippen LogP contribution in [0.1, 0.15) is 48.5 Å². The second-order valence-electron chi connectivity index (χ2n) is 6.26. The summed E-state index contributed by atoms with van der Waals surface area (Å²) in [5.41, 5.74) is -0.673. The van der Waals surface area contributed by atoms with Gasteiger partial charge in [0.05, 0.1) is 6.61 Å². The molecule has 0 rings (SSSR count). The summed E-state index contributed by atoms with van der Waals surface area (Å²) in [5, 5.41) is 0. The van der Waals surface area contributed by atoms with Crippen molar-refractivity contribution in [1.29, 1.82) is 0 Å². The molecular weight excluding hydrogens is 226 g/mol. The Kier molecular flexibility index (Phi) is 4.98. The molecule has 0 spiro atoms. The van der Waals surface area contributed by atoms with Crippen LogP contribution in [0.25, 0.3) is 0 Å². The van der Waals surface area contributed by atoms with E-state index in [0.717, 1.165) is 0 Å². The summed E-state index contributed by atoms with van der Waals surface area (Å²) < 4.78 is 30.8. The third-order valence-electron chi connectivity index (χ3n) is 2.48. The molecule has 16 heavy (non-hydrogen) atoms. The SMILES string of the molecule is CC(C)C(C)(C)NS(=O)(=O)OCC(C)(C)C. The zero-order valence-corrected chi connectivity index (χ0v) is 12.2. The van der Waals surface area contributed by atoms with Gasteiger partial charge in [-0.05, 0) is 25.2 Å². The van der Waals surface area contributed by atoms with Crippen LogP contribution in [0.4, 0.5) is 0 Å². The van der Waals surface area contributed by atoms with Gasteiger partial charge in [0, 0.05) is 5.54 Å². The minimum Gasteiger partial charge on any atom is -0.258 e. The first-order valence-electron chi connectivity index (χ1n) is 5.54. The van der Waals surface area contributed by atoms with Crippen LogP contribution in [0.15, 0.2) is 0 Å². The van der Waals surface area contributed by atoms with Gasteiger partial charge in [-0.25, -0.2) is 0 Å². The Morgan fingerprint density at radius 1 is 1.12 bits per heavy atom. The molecule has 0 aromatic rings. The standard InChI is InChI=1S/C11H25NO3S/c1-9(2)11(6,7)12-16(13,14)15-8-10(3,4)5/h9,12H,8H2,1-7H3. The van der Waals surface area contributed by atoms with Crippen LogP contribution in [0.3, 0.4) is 0 Å². The molecule has 0 aliphatic rings. The van der Waals surface area contributed by atoms with E-state index in [0.29, 0.717) is 0 Å². The van der Waals surface area contributed by atoms with Crippen molar-refractivity contribution in [1.82, 2.24) is 4.72 Å². The molecule has 0 bridgehead atoms. The normalized spacial score (nSPS) is 14.5. The lowest BCUT2D eigenvalue weighted by atomic mass is 9.92. The molecule has 0 unspecified atom stereocenters. The van der Waals surface area contributed by atoms with Gasteiger partial charge in [-0.3, -0.25) is 4.18 Å². The molecule has 0 aliphatic carbocycles. The van der Waals surface area contributed by atoms with Gasteiger partial charge in [0.25, 0.3) is 0 Å². The molecule has 98 valence electrons. The van der Waals surface area contributed by atoms with Gasteiger partial charge < -0.3 is 0 Å². The maximum atomic E-state index is 11.7. The van der Waals surface area contributed by atoms with Gasteiger partial charge in [-0.2, -0.15) is 13.1 Å². The largest absolute Gasteiger partial charge is 0.336 e. The highest BCUT2D eigenvalue weighted by atomic mass is 32.2. The second-order valence-corrected chi connectivity index (χ2v) is 7.60. The third-order valence-corrected chi connectivity index (χ3v) is 3.68. The van der Waals surface area contributed by atoms with Crippen LogP contribution in [0.2, 0.25) is 0 Å². The van der Waals surface area contributed by atoms with Gasteiger partial charge in [0.1, 0.15) is 0 Å². The highest BCUT2D eigenvalue weighted by Crippen LogP contribution is 2.18. The molecule has 0 amide bonds. The summed E-state index contributed by atoms with van der Waals surface area (Å²) in [7, 11) is -3.67. The van der Waals surface area contributed by atoms with Gasteiger partial charge in [-0.1, -0.05) is 34.6 Å². The smallest absolute Gasteiger partial charge is 0.258 e. The summed E-state index contributed by atoms with van der Waals surface area (Å²) in [5.74, 6) is 0.195. The number of rotatable bonds is 5. The molecule has 5 heteroatoms. The average Bonchev–Trinajstić information content (AvgIpc) is 1.97. The Morgan fingerprint density at radius 2 is 1.56 bits per heavy atom. The van der Waals surface area contributed by atoms with Gasteiger partial charge in [0.15, 0.2) is 0 Å². The van der Waals surface area contributed by atoms with Crippen LogP contribution in [0, 0.1) is 11.3 Å². The van der Waals surface area contributed by atoms with Crippen molar-refractivity contribution >= 4 is 10.3 Å². The Balaban J connectivity index is 4.49. The highest BCUT2D eigenvalue weighted by molar-refractivity contribution is 7.84. The lowest BCUT2D eigenvalue weighted by Gasteiger charge is -2.30. The predicted molar refractivity (Wildman–Crippen MR) is 66.4 cm³/mol. The average molecular weight is 251 g/mol. The third kappa shape index (κ3) is 6.45. The van der Waals surface area contributed by atoms with Crippen LogP contribution in [0.5, 0.6) is 0 Å². The molecule has 1 N–H and O–H groups in total. The van der Waals surface area contributed by atoms with Crippen molar-refractivity contribution in [3.8, 4) is 0 Å². The van der Waals surface area contributed by atoms with E-state index in [4.69, 9.17) is 4.18 Å². The molecule has 4 nitrogen and oxygen atoms in total. The monoisotopic (exact) mass is 251 g/mol. The molecular formula is C11H25NO3S. The van der Waals surface area contributed by atoms with Crippen molar-refractivity contribution in [2.24, 2.45) is 11.3 Å². The van der Waals surface area contributed by atoms with Crippen molar-refractivity contribution in [2.75, 3.05) is 6.61 Å². The molecule has 0 saturated heterocycles. The van der Waals surface area contributed by atoms with E-state index in [1.807, 2.05) is 48.5 Å². The Labute approximate surface area is 100 Å². The van der Waals surface area contributed by atoms with Crippen molar-refractivity contribution in [3.63, 3.8) is 0 Å². The Bertz CT molecular complexity index is 313. The maximum Gasteiger partial charge on any atom is 0.336 e. The topological polar surface area (TPSA) is 55.4 Å². The highest BCUT2D eigenvalue weighted by Gasteiger charge is 2.29. The first kappa shape index (κ1) is 15.9. The lowest BCUT2D eigenvalue weighted by molar-refractivity contribution is 0.192. The summed E-state index contributed by atoms with van der Waals surface area (Å²) in [4.78, 5) is 0. The Morgan fingerprint density at radius 3 is 1.88 bits per heavy atom. The molecule has 0 radical (unpaired) electrons. The first-order chi connectivity index (χ1) is 6.86. The number of hydrogen-bond donors (Lipinski definition) is 1. The summed E-state index contributed by atoms with van der Waals surface area (Å²) in [6.07, 6.45) is 0. The van der Waals surface area contributed by atoms with Crippen LogP contribution < -0.4 is 4.72 Å². The summed E-state index contributed by atoms with van der Waals surface area (Å²) >= 11 is 0. The van der Waals surface area contributed by atoms with Gasteiger partial charge in [-0.15, -0.1) is 0 Å². The van der Waals surface area contributed by atoms with E-state index in [2.05, 4.69) is 4.72 Å². The van der Waals surface area contributed by atoms with Crippen molar-refractivity contribution < 1.29 is 12.6 Å². The molecule has 0 aromatic heterocycles. The minimum atomic E-state index is -3.67. The van der Waals surface area contributed by atoms with Crippen LogP contribution in [-0.4, -0.2) is 20.6 Å². The molecule has 0 fully saturated rings. The van der Waals surface area contributed by atoms with Crippen molar-refractivity contribution in [2.45, 2.75) is 54.0 Å². The molecule has 0 heterocycles. The zero-order valence-electron chi connectivity index (χ0n) is 11.4. The van der Waals surface area contributed by atoms with Crippen molar-refractivity contribution in [3.05, 3.63) is 0 Å². The second kappa shape index (κ2) is 5.02. The molecule has 0 saturated carbocycles. The van der Waals surface area contributed by atoms with E-state index < -0.39 is 15.8 Å². The minimum absolute atomic E-state index is 0.170. The van der Waals surface area contributed by atoms with E-state index in [9.17, 15) is 8.42 Å². The fraction of sp³-hybridized carbons (Fsp3) is 1.00. The quantitative estimate of drug-likeness (QED) is 0.816. The molecule has 0 atom stereocenters. The van der Waals surface area contributed by atoms with E-state index >= 15 is 0 Å². The molecule has 0 aliphatic heterocycles. The Hall–Kier alpha value is -0.130. The fourth-order valence-electron chi connectivity index (χ4n) is 0.724. The van der Waals surface area contributed by atoms with Crippen LogP contribution >= 0.6 is 0 Å². The van der Waals surface area contributed by atoms with E-state index in [1.165, 1.54) is 0 Å². The molecule has 0 aromatic carbocycles. The van der Waals surface area contributed by atoms with E-state index in [-0.39, 0.29) is 17.9 Å². The fourth-order valence-corrected chi connectivity index (χ4v) is 2.17. The summed E-state index contributed by atoms with van der Waals surface area (Å²) in [6, 6.07) is 0. The van der Waals surface area contributed by atoms with Gasteiger partial charge in [0.2, 0.25) is 0 Å². The lowest BCUT2D eigenvalue weighted by Crippen LogP contribution is -2.48. The zero-order chi connectivity index (χ0) is 13.2. The number of nitrogens with one attached hydrogen (secondary N) is 1. The predicted octanol–water partition coefficient (Wildman–Crippen LogP) is 2.32. The first-order valence-corrected chi connectivity index (χ1v) is 6.95. The van der Waals surface area contributed by atoms with E-state index in [1.54, 1.807) is 0 Å².